The summed E-state index contributed by atoms with van der Waals surface area (Å²) in [5.74, 6) is 0. The van der Waals surface area contributed by atoms with Crippen molar-refractivity contribution >= 4 is 27.1 Å². The fourth-order valence-electron chi connectivity index (χ4n) is 2.85. The largest absolute Gasteiger partial charge is 0.379 e. The van der Waals surface area contributed by atoms with Crippen LogP contribution in [-0.2, 0) is 14.8 Å². The zero-order valence-electron chi connectivity index (χ0n) is 16.1. The number of rotatable bonds is 6. The van der Waals surface area contributed by atoms with E-state index in [1.807, 2.05) is 6.07 Å². The summed E-state index contributed by atoms with van der Waals surface area (Å²) in [7, 11) is -3.99. The number of hydrogen-bond donors (Lipinski definition) is 1. The van der Waals surface area contributed by atoms with Crippen LogP contribution in [0.15, 0.2) is 52.5 Å². The number of nitrogens with zero attached hydrogens (tertiary/aromatic N) is 4. The lowest BCUT2D eigenvalue weighted by molar-refractivity contribution is -0.385. The highest BCUT2D eigenvalue weighted by Crippen LogP contribution is 2.29. The average molecular weight is 429 g/mol. The number of nitrogens with one attached hydrogen (secondary N) is 1. The van der Waals surface area contributed by atoms with E-state index in [0.29, 0.717) is 11.3 Å². The molecule has 1 aliphatic heterocycles. The maximum atomic E-state index is 13.1. The molecule has 0 radical (unpaired) electrons. The number of anilines is 1. The molecule has 0 atom stereocenters. The van der Waals surface area contributed by atoms with Crippen LogP contribution in [0.25, 0.3) is 0 Å². The summed E-state index contributed by atoms with van der Waals surface area (Å²) < 4.78 is 32.6. The molecular formula is C19H19N5O5S. The van der Waals surface area contributed by atoms with E-state index in [0.717, 1.165) is 11.6 Å². The molecule has 10 nitrogen and oxygen atoms in total. The maximum Gasteiger partial charge on any atom is 0.270 e. The van der Waals surface area contributed by atoms with Gasteiger partial charge in [-0.25, -0.2) is 8.42 Å². The van der Waals surface area contributed by atoms with Gasteiger partial charge >= 0.3 is 0 Å². The van der Waals surface area contributed by atoms with E-state index >= 15 is 0 Å². The third kappa shape index (κ3) is 4.62. The fraction of sp³-hybridized carbons (Fsp3) is 0.263. The lowest BCUT2D eigenvalue weighted by Crippen LogP contribution is -2.40. The van der Waals surface area contributed by atoms with Crippen LogP contribution in [-0.4, -0.2) is 49.7 Å². The molecule has 1 saturated heterocycles. The van der Waals surface area contributed by atoms with E-state index in [1.165, 1.54) is 16.4 Å². The van der Waals surface area contributed by atoms with E-state index in [4.69, 9.17) is 10.00 Å². The number of ether oxygens (including phenoxy) is 1. The zero-order valence-corrected chi connectivity index (χ0v) is 16.9. The molecule has 0 unspecified atom stereocenters. The molecular weight excluding hydrogens is 410 g/mol. The predicted octanol–water partition coefficient (Wildman–Crippen LogP) is 2.32. The molecule has 30 heavy (non-hydrogen) atoms. The minimum atomic E-state index is -3.99. The lowest BCUT2D eigenvalue weighted by atomic mass is 10.1. The SMILES string of the molecule is C/C(=N/Nc1ccc([N+](=O)[O-])cc1S(=O)(=O)N1CCOCC1)c1ccc(C#N)cc1. The lowest BCUT2D eigenvalue weighted by Gasteiger charge is -2.26. The monoisotopic (exact) mass is 429 g/mol. The molecule has 11 heteroatoms. The molecule has 2 aromatic rings. The van der Waals surface area contributed by atoms with Crippen molar-refractivity contribution < 1.29 is 18.1 Å². The van der Waals surface area contributed by atoms with E-state index in [9.17, 15) is 18.5 Å². The molecule has 0 saturated carbocycles. The number of benzene rings is 2. The molecule has 1 fully saturated rings. The van der Waals surface area contributed by atoms with Gasteiger partial charge in [0.25, 0.3) is 5.69 Å². The van der Waals surface area contributed by atoms with Gasteiger partial charge in [-0.05, 0) is 30.7 Å². The normalized spacial score (nSPS) is 15.4. The summed E-state index contributed by atoms with van der Waals surface area (Å²) in [5.41, 5.74) is 4.30. The first-order valence-corrected chi connectivity index (χ1v) is 10.4. The molecule has 1 heterocycles. The first-order chi connectivity index (χ1) is 14.3. The Morgan fingerprint density at radius 3 is 2.50 bits per heavy atom. The van der Waals surface area contributed by atoms with Gasteiger partial charge in [-0.2, -0.15) is 14.7 Å². The highest BCUT2D eigenvalue weighted by Gasteiger charge is 2.30. The highest BCUT2D eigenvalue weighted by atomic mass is 32.2. The second-order valence-corrected chi connectivity index (χ2v) is 8.36. The van der Waals surface area contributed by atoms with Crippen molar-refractivity contribution in [1.82, 2.24) is 4.31 Å². The highest BCUT2D eigenvalue weighted by molar-refractivity contribution is 7.89. The van der Waals surface area contributed by atoms with Crippen molar-refractivity contribution in [2.24, 2.45) is 5.10 Å². The van der Waals surface area contributed by atoms with Gasteiger partial charge in [0.15, 0.2) is 0 Å². The number of non-ortho nitro benzene ring substituents is 1. The van der Waals surface area contributed by atoms with Crippen molar-refractivity contribution in [1.29, 1.82) is 5.26 Å². The van der Waals surface area contributed by atoms with Gasteiger partial charge in [0.05, 0.1) is 41.2 Å². The fourth-order valence-corrected chi connectivity index (χ4v) is 4.42. The van der Waals surface area contributed by atoms with Gasteiger partial charge in [0.1, 0.15) is 4.90 Å². The first kappa shape index (κ1) is 21.4. The minimum absolute atomic E-state index is 0.125. The number of nitro benzene ring substituents is 1. The number of nitro groups is 1. The van der Waals surface area contributed by atoms with Crippen LogP contribution in [0.1, 0.15) is 18.1 Å². The average Bonchev–Trinajstić information content (AvgIpc) is 2.77. The minimum Gasteiger partial charge on any atom is -0.379 e. The Morgan fingerprint density at radius 1 is 1.23 bits per heavy atom. The Labute approximate surface area is 173 Å². The number of hydrazone groups is 1. The Balaban J connectivity index is 1.95. The van der Waals surface area contributed by atoms with Crippen molar-refractivity contribution in [3.63, 3.8) is 0 Å². The molecule has 0 amide bonds. The van der Waals surface area contributed by atoms with Gasteiger partial charge < -0.3 is 4.74 Å². The summed E-state index contributed by atoms with van der Waals surface area (Å²) in [5, 5.41) is 24.3. The standard InChI is InChI=1S/C19H19N5O5S/c1-14(16-4-2-15(13-20)3-5-16)21-22-18-7-6-17(24(25)26)12-19(18)30(27,28)23-8-10-29-11-9-23/h2-7,12,22H,8-11H2,1H3/b21-14-. The smallest absolute Gasteiger partial charge is 0.270 e. The Bertz CT molecular complexity index is 1120. The van der Waals surface area contributed by atoms with Gasteiger partial charge in [-0.1, -0.05) is 12.1 Å². The zero-order chi connectivity index (χ0) is 21.7. The number of nitriles is 1. The van der Waals surface area contributed by atoms with Gasteiger partial charge in [-0.15, -0.1) is 0 Å². The van der Waals surface area contributed by atoms with E-state index < -0.39 is 14.9 Å². The summed E-state index contributed by atoms with van der Waals surface area (Å²) in [4.78, 5) is 10.3. The van der Waals surface area contributed by atoms with Crippen LogP contribution in [0, 0.1) is 21.4 Å². The van der Waals surface area contributed by atoms with Gasteiger partial charge in [-0.3, -0.25) is 15.5 Å². The predicted molar refractivity (Wildman–Crippen MR) is 110 cm³/mol. The number of sulfonamides is 1. The van der Waals surface area contributed by atoms with E-state index in [2.05, 4.69) is 10.5 Å². The molecule has 3 rings (SSSR count). The molecule has 0 aliphatic carbocycles. The summed E-state index contributed by atoms with van der Waals surface area (Å²) in [6, 6.07) is 12.3. The Kier molecular flexibility index (Phi) is 6.41. The molecule has 0 aromatic heterocycles. The second-order valence-electron chi connectivity index (χ2n) is 6.45. The second kappa shape index (κ2) is 9.00. The van der Waals surface area contributed by atoms with Crippen LogP contribution < -0.4 is 5.43 Å². The third-order valence-electron chi connectivity index (χ3n) is 4.54. The molecule has 1 aliphatic rings. The Hall–Kier alpha value is -3.33. The molecule has 156 valence electrons. The third-order valence-corrected chi connectivity index (χ3v) is 6.48. The first-order valence-electron chi connectivity index (χ1n) is 9.00. The van der Waals surface area contributed by atoms with Crippen LogP contribution in [0.5, 0.6) is 0 Å². The summed E-state index contributed by atoms with van der Waals surface area (Å²) >= 11 is 0. The van der Waals surface area contributed by atoms with E-state index in [1.54, 1.807) is 31.2 Å². The summed E-state index contributed by atoms with van der Waals surface area (Å²) in [6.45, 7) is 2.56. The van der Waals surface area contributed by atoms with Crippen molar-refractivity contribution in [2.75, 3.05) is 31.7 Å². The van der Waals surface area contributed by atoms with Crippen molar-refractivity contribution in [3.05, 3.63) is 63.7 Å². The number of morpholine rings is 1. The van der Waals surface area contributed by atoms with Crippen molar-refractivity contribution in [3.8, 4) is 6.07 Å². The molecule has 0 bridgehead atoms. The van der Waals surface area contributed by atoms with Crippen LogP contribution in [0.4, 0.5) is 11.4 Å². The summed E-state index contributed by atoms with van der Waals surface area (Å²) in [6.07, 6.45) is 0. The quantitative estimate of drug-likeness (QED) is 0.422. The van der Waals surface area contributed by atoms with E-state index in [-0.39, 0.29) is 42.6 Å². The van der Waals surface area contributed by atoms with Gasteiger partial charge in [0, 0.05) is 25.2 Å². The molecule has 0 spiro atoms. The van der Waals surface area contributed by atoms with Crippen molar-refractivity contribution in [2.45, 2.75) is 11.8 Å². The van der Waals surface area contributed by atoms with Crippen LogP contribution in [0.2, 0.25) is 0 Å². The van der Waals surface area contributed by atoms with Crippen LogP contribution >= 0.6 is 0 Å². The number of hydrogen-bond acceptors (Lipinski definition) is 8. The molecule has 2 aromatic carbocycles. The molecule has 1 N–H and O–H groups in total. The Morgan fingerprint density at radius 2 is 1.90 bits per heavy atom. The maximum absolute atomic E-state index is 13.1. The van der Waals surface area contributed by atoms with Gasteiger partial charge in [0.2, 0.25) is 10.0 Å². The van der Waals surface area contributed by atoms with Crippen LogP contribution in [0.3, 0.4) is 0 Å². The topological polar surface area (TPSA) is 138 Å².